The lowest BCUT2D eigenvalue weighted by Crippen LogP contribution is -2.06. The lowest BCUT2D eigenvalue weighted by molar-refractivity contribution is 0.417. The van der Waals surface area contributed by atoms with Gasteiger partial charge in [-0.2, -0.15) is 5.26 Å². The number of nitrogens with one attached hydrogen (secondary N) is 1. The maximum Gasteiger partial charge on any atom is 0.161 e. The molecule has 4 nitrogen and oxygen atoms in total. The van der Waals surface area contributed by atoms with Gasteiger partial charge in [-0.15, -0.1) is 0 Å². The number of nitrogens with zero attached hydrogens (tertiary/aromatic N) is 2. The normalized spacial score (nSPS) is 18.4. The number of hydrogen-bond acceptors (Lipinski definition) is 5. The minimum Gasteiger partial charge on any atom is -0.495 e. The van der Waals surface area contributed by atoms with Gasteiger partial charge < -0.3 is 10.1 Å². The molecule has 2 rings (SSSR count). The molecule has 0 spiro atoms. The van der Waals surface area contributed by atoms with Crippen LogP contribution in [0, 0.1) is 11.3 Å². The second-order valence-electron chi connectivity index (χ2n) is 3.75. The molecule has 0 bridgehead atoms. The second-order valence-corrected chi connectivity index (χ2v) is 4.75. The molecule has 1 atom stereocenters. The number of anilines is 1. The van der Waals surface area contributed by atoms with Gasteiger partial charge in [0.1, 0.15) is 5.75 Å². The van der Waals surface area contributed by atoms with Crippen LogP contribution in [0.25, 0.3) is 0 Å². The van der Waals surface area contributed by atoms with Crippen molar-refractivity contribution in [3.8, 4) is 11.8 Å². The van der Waals surface area contributed by atoms with Crippen LogP contribution in [0.4, 0.5) is 5.69 Å². The van der Waals surface area contributed by atoms with Crippen molar-refractivity contribution in [3.63, 3.8) is 0 Å². The molecule has 0 fully saturated rings. The molecule has 0 amide bonds. The van der Waals surface area contributed by atoms with Crippen LogP contribution in [0.3, 0.4) is 0 Å². The summed E-state index contributed by atoms with van der Waals surface area (Å²) in [5.74, 6) is 1.66. The van der Waals surface area contributed by atoms with E-state index in [1.807, 2.05) is 6.07 Å². The van der Waals surface area contributed by atoms with Gasteiger partial charge in [0.2, 0.25) is 0 Å². The van der Waals surface area contributed by atoms with Gasteiger partial charge in [-0.05, 0) is 19.1 Å². The fourth-order valence-corrected chi connectivity index (χ4v) is 2.43. The summed E-state index contributed by atoms with van der Waals surface area (Å²) in [6, 6.07) is 7.75. The first-order valence-corrected chi connectivity index (χ1v) is 6.27. The van der Waals surface area contributed by atoms with E-state index in [1.54, 1.807) is 31.0 Å². The Kier molecular flexibility index (Phi) is 3.55. The first-order valence-electron chi connectivity index (χ1n) is 5.28. The Bertz CT molecular complexity index is 493. The molecule has 17 heavy (non-hydrogen) atoms. The molecule has 0 aromatic heterocycles. The number of amidine groups is 1. The number of nitriles is 1. The largest absolute Gasteiger partial charge is 0.495 e. The summed E-state index contributed by atoms with van der Waals surface area (Å²) in [5, 5.41) is 12.9. The van der Waals surface area contributed by atoms with Gasteiger partial charge in [-0.3, -0.25) is 4.99 Å². The Labute approximate surface area is 105 Å². The first kappa shape index (κ1) is 11.8. The Morgan fingerprint density at radius 2 is 2.41 bits per heavy atom. The van der Waals surface area contributed by atoms with Crippen LogP contribution >= 0.6 is 11.8 Å². The minimum absolute atomic E-state index is 0.354. The molecule has 0 radical (unpaired) electrons. The van der Waals surface area contributed by atoms with Gasteiger partial charge in [0.05, 0.1) is 30.5 Å². The molecule has 5 heteroatoms. The van der Waals surface area contributed by atoms with Gasteiger partial charge in [-0.25, -0.2) is 0 Å². The third-order valence-electron chi connectivity index (χ3n) is 2.37. The van der Waals surface area contributed by atoms with Crippen molar-refractivity contribution in [1.82, 2.24) is 0 Å². The number of benzene rings is 1. The zero-order chi connectivity index (χ0) is 12.3. The Morgan fingerprint density at radius 3 is 3.00 bits per heavy atom. The average Bonchev–Trinajstić information content (AvgIpc) is 2.75. The zero-order valence-electron chi connectivity index (χ0n) is 9.73. The van der Waals surface area contributed by atoms with Crippen LogP contribution in [-0.2, 0) is 0 Å². The molecule has 1 aromatic carbocycles. The lowest BCUT2D eigenvalue weighted by atomic mass is 10.2. The highest BCUT2D eigenvalue weighted by molar-refractivity contribution is 8.14. The summed E-state index contributed by atoms with van der Waals surface area (Å²) in [6.45, 7) is 2.08. The van der Waals surface area contributed by atoms with E-state index in [0.717, 1.165) is 16.6 Å². The van der Waals surface area contributed by atoms with Crippen LogP contribution in [-0.4, -0.2) is 24.1 Å². The van der Waals surface area contributed by atoms with E-state index >= 15 is 0 Å². The van der Waals surface area contributed by atoms with Crippen LogP contribution in [0.15, 0.2) is 23.2 Å². The molecule has 1 aliphatic rings. The SMILES string of the molecule is COc1cc(C#N)ccc1NC1=NC(C)CS1. The summed E-state index contributed by atoms with van der Waals surface area (Å²) in [4.78, 5) is 4.45. The number of hydrogen-bond donors (Lipinski definition) is 1. The number of rotatable bonds is 2. The van der Waals surface area contributed by atoms with Gasteiger partial charge in [0.15, 0.2) is 5.17 Å². The van der Waals surface area contributed by atoms with E-state index < -0.39 is 0 Å². The van der Waals surface area contributed by atoms with Crippen molar-refractivity contribution in [2.75, 3.05) is 18.2 Å². The van der Waals surface area contributed by atoms with Crippen molar-refractivity contribution < 1.29 is 4.74 Å². The highest BCUT2D eigenvalue weighted by Crippen LogP contribution is 2.28. The van der Waals surface area contributed by atoms with E-state index in [-0.39, 0.29) is 0 Å². The van der Waals surface area contributed by atoms with Crippen LogP contribution in [0.1, 0.15) is 12.5 Å². The Hall–Kier alpha value is -1.67. The van der Waals surface area contributed by atoms with E-state index in [1.165, 1.54) is 0 Å². The predicted octanol–water partition coefficient (Wildman–Crippen LogP) is 2.47. The zero-order valence-corrected chi connectivity index (χ0v) is 10.5. The second kappa shape index (κ2) is 5.11. The summed E-state index contributed by atoms with van der Waals surface area (Å²) < 4.78 is 5.25. The number of methoxy groups -OCH3 is 1. The van der Waals surface area contributed by atoms with Crippen molar-refractivity contribution in [2.45, 2.75) is 13.0 Å². The quantitative estimate of drug-likeness (QED) is 0.872. The minimum atomic E-state index is 0.354. The maximum absolute atomic E-state index is 8.81. The summed E-state index contributed by atoms with van der Waals surface area (Å²) >= 11 is 1.69. The van der Waals surface area contributed by atoms with Crippen LogP contribution in [0.5, 0.6) is 5.75 Å². The van der Waals surface area contributed by atoms with E-state index in [2.05, 4.69) is 23.3 Å². The van der Waals surface area contributed by atoms with Crippen LogP contribution in [0.2, 0.25) is 0 Å². The standard InChI is InChI=1S/C12H13N3OS/c1-8-7-17-12(14-8)15-10-4-3-9(6-13)5-11(10)16-2/h3-5,8H,7H2,1-2H3,(H,14,15). The molecule has 0 aliphatic carbocycles. The molecule has 1 aliphatic heterocycles. The molecule has 1 heterocycles. The predicted molar refractivity (Wildman–Crippen MR) is 70.7 cm³/mol. The van der Waals surface area contributed by atoms with E-state index in [0.29, 0.717) is 17.4 Å². The molecule has 0 saturated heterocycles. The van der Waals surface area contributed by atoms with Gasteiger partial charge in [0.25, 0.3) is 0 Å². The highest BCUT2D eigenvalue weighted by atomic mass is 32.2. The summed E-state index contributed by atoms with van der Waals surface area (Å²) in [5.41, 5.74) is 1.42. The number of ether oxygens (including phenoxy) is 1. The monoisotopic (exact) mass is 247 g/mol. The van der Waals surface area contributed by atoms with Gasteiger partial charge >= 0.3 is 0 Å². The van der Waals surface area contributed by atoms with Crippen molar-refractivity contribution in [1.29, 1.82) is 5.26 Å². The molecular formula is C12H13N3OS. The van der Waals surface area contributed by atoms with Gasteiger partial charge in [0, 0.05) is 11.8 Å². The fraction of sp³-hybridized carbons (Fsp3) is 0.333. The molecule has 88 valence electrons. The average molecular weight is 247 g/mol. The Morgan fingerprint density at radius 1 is 1.59 bits per heavy atom. The summed E-state index contributed by atoms with van der Waals surface area (Å²) in [7, 11) is 1.59. The lowest BCUT2D eigenvalue weighted by Gasteiger charge is -2.10. The maximum atomic E-state index is 8.81. The molecule has 1 unspecified atom stereocenters. The van der Waals surface area contributed by atoms with Crippen molar-refractivity contribution in [3.05, 3.63) is 23.8 Å². The molecular weight excluding hydrogens is 234 g/mol. The first-order chi connectivity index (χ1) is 8.22. The third kappa shape index (κ3) is 2.71. The molecule has 1 aromatic rings. The smallest absolute Gasteiger partial charge is 0.161 e. The number of thioether (sulfide) groups is 1. The van der Waals surface area contributed by atoms with Crippen molar-refractivity contribution >= 4 is 22.6 Å². The highest BCUT2D eigenvalue weighted by Gasteiger charge is 2.15. The van der Waals surface area contributed by atoms with Crippen LogP contribution < -0.4 is 10.1 Å². The Balaban J connectivity index is 2.21. The van der Waals surface area contributed by atoms with E-state index in [4.69, 9.17) is 10.00 Å². The third-order valence-corrected chi connectivity index (χ3v) is 3.50. The fourth-order valence-electron chi connectivity index (χ4n) is 1.52. The number of aliphatic imine (C=N–C) groups is 1. The molecule has 0 saturated carbocycles. The van der Waals surface area contributed by atoms with Gasteiger partial charge in [-0.1, -0.05) is 11.8 Å². The van der Waals surface area contributed by atoms with E-state index in [9.17, 15) is 0 Å². The topological polar surface area (TPSA) is 57.4 Å². The van der Waals surface area contributed by atoms with Crippen molar-refractivity contribution in [2.24, 2.45) is 4.99 Å². The molecule has 1 N–H and O–H groups in total. The summed E-state index contributed by atoms with van der Waals surface area (Å²) in [6.07, 6.45) is 0.